The number of aromatic nitrogens is 2. The first kappa shape index (κ1) is 14.0. The highest BCUT2D eigenvalue weighted by Crippen LogP contribution is 2.33. The Morgan fingerprint density at radius 2 is 2.05 bits per heavy atom. The molecule has 7 nitrogen and oxygen atoms in total. The third kappa shape index (κ3) is 2.62. The number of nitrogens with two attached hydrogens (primary N) is 1. The van der Waals surface area contributed by atoms with Crippen LogP contribution < -0.4 is 11.1 Å². The molecule has 2 rings (SSSR count). The summed E-state index contributed by atoms with van der Waals surface area (Å²) in [5, 5.41) is 14.4. The molecule has 0 atom stereocenters. The van der Waals surface area contributed by atoms with Gasteiger partial charge in [0, 0.05) is 0 Å². The van der Waals surface area contributed by atoms with Gasteiger partial charge in [-0.2, -0.15) is 4.98 Å². The van der Waals surface area contributed by atoms with Crippen LogP contribution in [0.1, 0.15) is 11.3 Å². The number of benzene rings is 1. The summed E-state index contributed by atoms with van der Waals surface area (Å²) in [4.78, 5) is 18.3. The van der Waals surface area contributed by atoms with Gasteiger partial charge in [0.15, 0.2) is 0 Å². The number of halogens is 1. The second-order valence-electron chi connectivity index (χ2n) is 4.18. The molecule has 0 fully saturated rings. The molecule has 0 radical (unpaired) electrons. The normalized spacial score (nSPS) is 10.3. The number of nitrogens with zero attached hydrogens (tertiary/aromatic N) is 3. The van der Waals surface area contributed by atoms with E-state index in [4.69, 9.17) is 17.3 Å². The van der Waals surface area contributed by atoms with Gasteiger partial charge in [-0.05, 0) is 25.5 Å². The molecule has 0 saturated carbocycles. The van der Waals surface area contributed by atoms with Gasteiger partial charge >= 0.3 is 5.69 Å². The Morgan fingerprint density at radius 1 is 1.35 bits per heavy atom. The van der Waals surface area contributed by atoms with Crippen molar-refractivity contribution in [2.24, 2.45) is 0 Å². The first-order chi connectivity index (χ1) is 9.40. The summed E-state index contributed by atoms with van der Waals surface area (Å²) >= 11 is 6.08. The number of para-hydroxylation sites is 1. The summed E-state index contributed by atoms with van der Waals surface area (Å²) in [7, 11) is 0. The molecule has 3 N–H and O–H groups in total. The van der Waals surface area contributed by atoms with Gasteiger partial charge in [-0.15, -0.1) is 0 Å². The van der Waals surface area contributed by atoms with Crippen LogP contribution in [0.3, 0.4) is 0 Å². The highest BCUT2D eigenvalue weighted by molar-refractivity contribution is 6.33. The molecule has 20 heavy (non-hydrogen) atoms. The second-order valence-corrected chi connectivity index (χ2v) is 4.59. The van der Waals surface area contributed by atoms with E-state index in [1.54, 1.807) is 12.1 Å². The van der Waals surface area contributed by atoms with Crippen molar-refractivity contribution in [1.82, 2.24) is 9.97 Å². The Kier molecular flexibility index (Phi) is 3.71. The zero-order chi connectivity index (χ0) is 14.9. The molecule has 2 aromatic rings. The average Bonchev–Trinajstić information content (AvgIpc) is 2.32. The maximum absolute atomic E-state index is 11.1. The van der Waals surface area contributed by atoms with Crippen LogP contribution in [0.4, 0.5) is 23.1 Å². The van der Waals surface area contributed by atoms with Gasteiger partial charge < -0.3 is 11.1 Å². The van der Waals surface area contributed by atoms with Crippen molar-refractivity contribution in [1.29, 1.82) is 0 Å². The summed E-state index contributed by atoms with van der Waals surface area (Å²) in [5.74, 6) is -0.0171. The smallest absolute Gasteiger partial charge is 0.332 e. The fraction of sp³-hybridized carbons (Fsp3) is 0.167. The lowest BCUT2D eigenvalue weighted by molar-refractivity contribution is -0.385. The SMILES string of the molecule is Cc1cccc(Cl)c1Nc1nc(N)nc(C)c1[N+](=O)[O-]. The average molecular weight is 294 g/mol. The minimum absolute atomic E-state index is 0.0243. The third-order valence-corrected chi connectivity index (χ3v) is 3.04. The van der Waals surface area contributed by atoms with Gasteiger partial charge in [0.05, 0.1) is 15.6 Å². The molecule has 0 spiro atoms. The molecule has 1 aromatic carbocycles. The Labute approximate surface area is 120 Å². The molecule has 0 bridgehead atoms. The van der Waals surface area contributed by atoms with E-state index in [0.29, 0.717) is 10.7 Å². The van der Waals surface area contributed by atoms with Gasteiger partial charge in [0.2, 0.25) is 11.8 Å². The van der Waals surface area contributed by atoms with Crippen LogP contribution >= 0.6 is 11.6 Å². The summed E-state index contributed by atoms with van der Waals surface area (Å²) in [6.45, 7) is 3.33. The minimum atomic E-state index is -0.552. The topological polar surface area (TPSA) is 107 Å². The van der Waals surface area contributed by atoms with Gasteiger partial charge in [0.1, 0.15) is 5.69 Å². The van der Waals surface area contributed by atoms with E-state index < -0.39 is 4.92 Å². The first-order valence-electron chi connectivity index (χ1n) is 5.70. The Hall–Kier alpha value is -2.41. The van der Waals surface area contributed by atoms with Crippen molar-refractivity contribution in [2.45, 2.75) is 13.8 Å². The molecule has 0 saturated heterocycles. The van der Waals surface area contributed by atoms with Crippen LogP contribution in [0.15, 0.2) is 18.2 Å². The van der Waals surface area contributed by atoms with E-state index in [1.165, 1.54) is 6.92 Å². The van der Waals surface area contributed by atoms with E-state index in [1.807, 2.05) is 13.0 Å². The van der Waals surface area contributed by atoms with Crippen LogP contribution in [0, 0.1) is 24.0 Å². The Morgan fingerprint density at radius 3 is 2.65 bits per heavy atom. The van der Waals surface area contributed by atoms with E-state index >= 15 is 0 Å². The predicted molar refractivity (Wildman–Crippen MR) is 77.3 cm³/mol. The number of hydrogen-bond acceptors (Lipinski definition) is 6. The van der Waals surface area contributed by atoms with Crippen molar-refractivity contribution < 1.29 is 4.92 Å². The molecule has 8 heteroatoms. The lowest BCUT2D eigenvalue weighted by Crippen LogP contribution is -2.07. The van der Waals surface area contributed by atoms with Gasteiger partial charge in [-0.25, -0.2) is 4.98 Å². The monoisotopic (exact) mass is 293 g/mol. The maximum atomic E-state index is 11.1. The molecule has 1 heterocycles. The number of aryl methyl sites for hydroxylation is 2. The largest absolute Gasteiger partial charge is 0.368 e. The van der Waals surface area contributed by atoms with Crippen LogP contribution in [0.2, 0.25) is 5.02 Å². The van der Waals surface area contributed by atoms with Gasteiger partial charge in [0.25, 0.3) is 0 Å². The maximum Gasteiger partial charge on any atom is 0.332 e. The van der Waals surface area contributed by atoms with Crippen molar-refractivity contribution in [3.63, 3.8) is 0 Å². The summed E-state index contributed by atoms with van der Waals surface area (Å²) in [5.41, 5.74) is 6.89. The molecular formula is C12H12ClN5O2. The first-order valence-corrected chi connectivity index (χ1v) is 6.08. The number of rotatable bonds is 3. The van der Waals surface area contributed by atoms with Crippen molar-refractivity contribution >= 4 is 34.7 Å². The number of nitrogens with one attached hydrogen (secondary N) is 1. The fourth-order valence-corrected chi connectivity index (χ4v) is 2.07. The standard InChI is InChI=1S/C12H12ClN5O2/c1-6-4-3-5-8(13)9(6)16-11-10(18(19)20)7(2)15-12(14)17-11/h3-5H,1-2H3,(H3,14,15,16,17). The van der Waals surface area contributed by atoms with Crippen LogP contribution in [-0.4, -0.2) is 14.9 Å². The summed E-state index contributed by atoms with van der Waals surface area (Å²) in [6, 6.07) is 5.30. The summed E-state index contributed by atoms with van der Waals surface area (Å²) in [6.07, 6.45) is 0. The quantitative estimate of drug-likeness (QED) is 0.665. The third-order valence-electron chi connectivity index (χ3n) is 2.72. The molecule has 104 valence electrons. The molecule has 0 unspecified atom stereocenters. The molecule has 1 aromatic heterocycles. The van der Waals surface area contributed by atoms with Crippen LogP contribution in [0.5, 0.6) is 0 Å². The lowest BCUT2D eigenvalue weighted by Gasteiger charge is -2.11. The van der Waals surface area contributed by atoms with Crippen LogP contribution in [-0.2, 0) is 0 Å². The number of anilines is 3. The number of hydrogen-bond donors (Lipinski definition) is 2. The zero-order valence-electron chi connectivity index (χ0n) is 10.8. The zero-order valence-corrected chi connectivity index (χ0v) is 11.6. The van der Waals surface area contributed by atoms with E-state index in [0.717, 1.165) is 5.56 Å². The molecule has 0 amide bonds. The molecule has 0 aliphatic carbocycles. The number of nitro groups is 1. The van der Waals surface area contributed by atoms with Gasteiger partial charge in [-0.3, -0.25) is 10.1 Å². The van der Waals surface area contributed by atoms with E-state index in [-0.39, 0.29) is 23.1 Å². The highest BCUT2D eigenvalue weighted by Gasteiger charge is 2.22. The van der Waals surface area contributed by atoms with Crippen molar-refractivity contribution in [2.75, 3.05) is 11.1 Å². The van der Waals surface area contributed by atoms with Crippen molar-refractivity contribution in [3.8, 4) is 0 Å². The Bertz CT molecular complexity index is 670. The molecule has 0 aliphatic heterocycles. The van der Waals surface area contributed by atoms with Gasteiger partial charge in [-0.1, -0.05) is 23.7 Å². The summed E-state index contributed by atoms with van der Waals surface area (Å²) < 4.78 is 0. The van der Waals surface area contributed by atoms with Crippen LogP contribution in [0.25, 0.3) is 0 Å². The fourth-order valence-electron chi connectivity index (χ4n) is 1.80. The predicted octanol–water partition coefficient (Wildman–Crippen LogP) is 2.98. The number of nitrogen functional groups attached to an aromatic ring is 1. The van der Waals surface area contributed by atoms with E-state index in [2.05, 4.69) is 15.3 Å². The highest BCUT2D eigenvalue weighted by atomic mass is 35.5. The van der Waals surface area contributed by atoms with E-state index in [9.17, 15) is 10.1 Å². The minimum Gasteiger partial charge on any atom is -0.368 e. The molecular weight excluding hydrogens is 282 g/mol. The second kappa shape index (κ2) is 5.30. The molecule has 0 aliphatic rings. The lowest BCUT2D eigenvalue weighted by atomic mass is 10.2. The Balaban J connectivity index is 2.56. The van der Waals surface area contributed by atoms with Crippen molar-refractivity contribution in [3.05, 3.63) is 44.6 Å².